The Bertz CT molecular complexity index is 882. The Labute approximate surface area is 144 Å². The topological polar surface area (TPSA) is 64.1 Å². The molecule has 0 aliphatic rings. The van der Waals surface area contributed by atoms with E-state index >= 15 is 0 Å². The first kappa shape index (κ1) is 16.6. The van der Waals surface area contributed by atoms with Crippen LogP contribution >= 0.6 is 0 Å². The molecule has 5 nitrogen and oxygen atoms in total. The van der Waals surface area contributed by atoms with Crippen molar-refractivity contribution < 1.29 is 13.9 Å². The number of ether oxygens (including phenoxy) is 1. The van der Waals surface area contributed by atoms with Crippen LogP contribution < -0.4 is 10.1 Å². The molecule has 126 valence electrons. The second-order valence-electron chi connectivity index (χ2n) is 5.32. The van der Waals surface area contributed by atoms with E-state index in [1.807, 2.05) is 6.07 Å². The summed E-state index contributed by atoms with van der Waals surface area (Å²) in [5.74, 6) is -0.209. The summed E-state index contributed by atoms with van der Waals surface area (Å²) in [6, 6.07) is 16.8. The summed E-state index contributed by atoms with van der Waals surface area (Å²) in [6.07, 6.45) is 0. The van der Waals surface area contributed by atoms with E-state index in [1.165, 1.54) is 13.2 Å². The largest absolute Gasteiger partial charge is 0.480 e. The minimum absolute atomic E-state index is 0.123. The first-order valence-corrected chi connectivity index (χ1v) is 7.67. The lowest BCUT2D eigenvalue weighted by atomic mass is 10.1. The fraction of sp³-hybridized carbons (Fsp3) is 0.105. The second-order valence-corrected chi connectivity index (χ2v) is 5.32. The Hall–Kier alpha value is -3.28. The number of hydrogen-bond acceptors (Lipinski definition) is 4. The number of benzene rings is 2. The first-order valence-electron chi connectivity index (χ1n) is 7.67. The van der Waals surface area contributed by atoms with Gasteiger partial charge in [-0.2, -0.15) is 0 Å². The maximum atomic E-state index is 13.6. The second kappa shape index (κ2) is 7.53. The van der Waals surface area contributed by atoms with Crippen LogP contribution in [0.3, 0.4) is 0 Å². The fourth-order valence-electron chi connectivity index (χ4n) is 2.32. The van der Waals surface area contributed by atoms with Crippen LogP contribution in [0.4, 0.5) is 4.39 Å². The lowest BCUT2D eigenvalue weighted by Gasteiger charge is -2.08. The molecule has 0 fully saturated rings. The van der Waals surface area contributed by atoms with Gasteiger partial charge in [-0.3, -0.25) is 4.79 Å². The lowest BCUT2D eigenvalue weighted by molar-refractivity contribution is 0.0950. The monoisotopic (exact) mass is 337 g/mol. The van der Waals surface area contributed by atoms with E-state index in [0.717, 1.165) is 5.56 Å². The summed E-state index contributed by atoms with van der Waals surface area (Å²) in [5.41, 5.74) is 2.29. The molecule has 2 aromatic carbocycles. The third kappa shape index (κ3) is 3.98. The average molecular weight is 337 g/mol. The average Bonchev–Trinajstić information content (AvgIpc) is 2.67. The predicted octanol–water partition coefficient (Wildman–Crippen LogP) is 3.22. The van der Waals surface area contributed by atoms with Crippen molar-refractivity contribution >= 4 is 5.91 Å². The first-order chi connectivity index (χ1) is 12.2. The van der Waals surface area contributed by atoms with Crippen LogP contribution in [0.5, 0.6) is 5.88 Å². The van der Waals surface area contributed by atoms with Gasteiger partial charge in [-0.25, -0.2) is 4.39 Å². The summed E-state index contributed by atoms with van der Waals surface area (Å²) in [7, 11) is 1.52. The molecule has 0 saturated carbocycles. The molecule has 0 saturated heterocycles. The van der Waals surface area contributed by atoms with Crippen LogP contribution in [0, 0.1) is 5.82 Å². The molecule has 1 amide bonds. The Morgan fingerprint density at radius 1 is 1.08 bits per heavy atom. The van der Waals surface area contributed by atoms with Crippen LogP contribution in [0.15, 0.2) is 60.7 Å². The highest BCUT2D eigenvalue weighted by Crippen LogP contribution is 2.19. The van der Waals surface area contributed by atoms with Gasteiger partial charge in [0.15, 0.2) is 0 Å². The molecular weight excluding hydrogens is 321 g/mol. The van der Waals surface area contributed by atoms with Crippen molar-refractivity contribution in [2.75, 3.05) is 7.11 Å². The van der Waals surface area contributed by atoms with E-state index in [-0.39, 0.29) is 18.3 Å². The SMILES string of the molecule is COc1ccc(-c2cccc(C(=O)NCc3ccccc3F)c2)nn1. The van der Waals surface area contributed by atoms with Crippen molar-refractivity contribution in [3.8, 4) is 17.1 Å². The van der Waals surface area contributed by atoms with Crippen molar-refractivity contribution in [2.24, 2.45) is 0 Å². The summed E-state index contributed by atoms with van der Waals surface area (Å²) in [6.45, 7) is 0.123. The van der Waals surface area contributed by atoms with Crippen molar-refractivity contribution in [3.05, 3.63) is 77.6 Å². The Morgan fingerprint density at radius 3 is 2.64 bits per heavy atom. The molecule has 0 spiro atoms. The molecule has 0 unspecified atom stereocenters. The Morgan fingerprint density at radius 2 is 1.92 bits per heavy atom. The van der Waals surface area contributed by atoms with E-state index < -0.39 is 0 Å². The Kier molecular flexibility index (Phi) is 4.99. The number of aromatic nitrogens is 2. The number of methoxy groups -OCH3 is 1. The van der Waals surface area contributed by atoms with E-state index in [4.69, 9.17) is 4.74 Å². The van der Waals surface area contributed by atoms with Gasteiger partial charge >= 0.3 is 0 Å². The van der Waals surface area contributed by atoms with Crippen LogP contribution in [-0.2, 0) is 6.54 Å². The van der Waals surface area contributed by atoms with Crippen LogP contribution in [0.25, 0.3) is 11.3 Å². The molecule has 1 heterocycles. The number of amides is 1. The molecule has 3 aromatic rings. The van der Waals surface area contributed by atoms with Gasteiger partial charge in [-0.1, -0.05) is 30.3 Å². The predicted molar refractivity (Wildman–Crippen MR) is 91.6 cm³/mol. The van der Waals surface area contributed by atoms with E-state index in [2.05, 4.69) is 15.5 Å². The van der Waals surface area contributed by atoms with Gasteiger partial charge in [0.1, 0.15) is 5.82 Å². The van der Waals surface area contributed by atoms with E-state index in [9.17, 15) is 9.18 Å². The quantitative estimate of drug-likeness (QED) is 0.776. The number of nitrogens with one attached hydrogen (secondary N) is 1. The number of carbonyl (C=O) groups excluding carboxylic acids is 1. The van der Waals surface area contributed by atoms with Crippen molar-refractivity contribution in [1.82, 2.24) is 15.5 Å². The van der Waals surface area contributed by atoms with Gasteiger partial charge in [0.05, 0.1) is 12.8 Å². The van der Waals surface area contributed by atoms with Gasteiger partial charge in [0, 0.05) is 29.3 Å². The maximum absolute atomic E-state index is 13.6. The molecular formula is C19H16FN3O2. The number of rotatable bonds is 5. The standard InChI is InChI=1S/C19H16FN3O2/c1-25-18-10-9-17(22-23-18)13-6-4-7-14(11-13)19(24)21-12-15-5-2-3-8-16(15)20/h2-11H,12H2,1H3,(H,21,24). The smallest absolute Gasteiger partial charge is 0.251 e. The molecule has 0 bridgehead atoms. The zero-order valence-corrected chi connectivity index (χ0v) is 13.6. The summed E-state index contributed by atoms with van der Waals surface area (Å²) < 4.78 is 18.6. The number of hydrogen-bond donors (Lipinski definition) is 1. The summed E-state index contributed by atoms with van der Waals surface area (Å²) in [5, 5.41) is 10.7. The number of carbonyl (C=O) groups is 1. The van der Waals surface area contributed by atoms with Crippen molar-refractivity contribution in [3.63, 3.8) is 0 Å². The highest BCUT2D eigenvalue weighted by molar-refractivity contribution is 5.95. The Balaban J connectivity index is 1.74. The fourth-order valence-corrected chi connectivity index (χ4v) is 2.32. The van der Waals surface area contributed by atoms with Crippen LogP contribution in [0.1, 0.15) is 15.9 Å². The lowest BCUT2D eigenvalue weighted by Crippen LogP contribution is -2.23. The van der Waals surface area contributed by atoms with Gasteiger partial charge in [-0.05, 0) is 24.3 Å². The van der Waals surface area contributed by atoms with Crippen LogP contribution in [0.2, 0.25) is 0 Å². The summed E-state index contributed by atoms with van der Waals surface area (Å²) in [4.78, 5) is 12.3. The number of nitrogens with zero attached hydrogens (tertiary/aromatic N) is 2. The van der Waals surface area contributed by atoms with Crippen molar-refractivity contribution in [2.45, 2.75) is 6.54 Å². The zero-order valence-electron chi connectivity index (χ0n) is 13.6. The summed E-state index contributed by atoms with van der Waals surface area (Å²) >= 11 is 0. The normalized spacial score (nSPS) is 10.3. The molecule has 6 heteroatoms. The molecule has 0 aliphatic carbocycles. The molecule has 25 heavy (non-hydrogen) atoms. The minimum atomic E-state index is -0.343. The molecule has 3 rings (SSSR count). The molecule has 0 atom stereocenters. The van der Waals surface area contributed by atoms with Crippen molar-refractivity contribution in [1.29, 1.82) is 0 Å². The highest BCUT2D eigenvalue weighted by atomic mass is 19.1. The molecule has 0 radical (unpaired) electrons. The zero-order chi connectivity index (χ0) is 17.6. The number of halogens is 1. The maximum Gasteiger partial charge on any atom is 0.251 e. The van der Waals surface area contributed by atoms with E-state index in [1.54, 1.807) is 48.5 Å². The molecule has 1 aromatic heterocycles. The van der Waals surface area contributed by atoms with Gasteiger partial charge in [0.2, 0.25) is 5.88 Å². The minimum Gasteiger partial charge on any atom is -0.480 e. The third-order valence-electron chi connectivity index (χ3n) is 3.67. The highest BCUT2D eigenvalue weighted by Gasteiger charge is 2.09. The molecule has 0 aliphatic heterocycles. The van der Waals surface area contributed by atoms with Gasteiger partial charge in [0.25, 0.3) is 5.91 Å². The van der Waals surface area contributed by atoms with Crippen LogP contribution in [-0.4, -0.2) is 23.2 Å². The molecule has 1 N–H and O–H groups in total. The van der Waals surface area contributed by atoms with E-state index in [0.29, 0.717) is 22.7 Å². The van der Waals surface area contributed by atoms with Gasteiger partial charge in [-0.15, -0.1) is 10.2 Å². The third-order valence-corrected chi connectivity index (χ3v) is 3.67. The van der Waals surface area contributed by atoms with Gasteiger partial charge < -0.3 is 10.1 Å².